The molecule has 1 heterocycles. The summed E-state index contributed by atoms with van der Waals surface area (Å²) in [6, 6.07) is 12.6. The molecule has 0 bridgehead atoms. The van der Waals surface area contributed by atoms with Crippen LogP contribution in [0.1, 0.15) is 58.3 Å². The molecule has 0 aliphatic carbocycles. The number of nitrogens with one attached hydrogen (secondary N) is 1. The zero-order chi connectivity index (χ0) is 28.7. The molecular weight excluding hydrogens is 518 g/mol. The Morgan fingerprint density at radius 3 is 2.36 bits per heavy atom. The van der Waals surface area contributed by atoms with Crippen LogP contribution < -0.4 is 11.1 Å². The van der Waals surface area contributed by atoms with E-state index in [4.69, 9.17) is 10.2 Å². The lowest BCUT2D eigenvalue weighted by atomic mass is 10.1. The van der Waals surface area contributed by atoms with Crippen LogP contribution in [0.3, 0.4) is 0 Å². The van der Waals surface area contributed by atoms with Crippen LogP contribution in [0.25, 0.3) is 0 Å². The first kappa shape index (κ1) is 29.9. The number of nitrogen functional groups attached to an aromatic ring is 1. The second-order valence-corrected chi connectivity index (χ2v) is 11.9. The first-order valence-corrected chi connectivity index (χ1v) is 14.2. The number of carbonyl (C=O) groups excluding carboxylic acids is 2. The molecule has 0 atom stereocenters. The van der Waals surface area contributed by atoms with E-state index in [1.807, 2.05) is 13.8 Å². The van der Waals surface area contributed by atoms with Crippen molar-refractivity contribution in [2.75, 3.05) is 32.4 Å². The van der Waals surface area contributed by atoms with E-state index in [1.165, 1.54) is 21.3 Å². The van der Waals surface area contributed by atoms with Gasteiger partial charge in [-0.2, -0.15) is 4.31 Å². The molecular formula is C28H37N5O5S. The standard InChI is InChI=1S/C28H37N5O5S/c1-19(2)17-33(39(36,37)25-12-10-24(29)11-13-25)15-7-14-30-27(34)22-8-6-9-23(16-22)28(35)32(5)18-26-20(3)38-21(4)31-26/h6,8-13,16,19H,7,14-15,17-18,29H2,1-5H3,(H,30,34). The van der Waals surface area contributed by atoms with Crippen molar-refractivity contribution in [1.82, 2.24) is 19.5 Å². The van der Waals surface area contributed by atoms with Crippen LogP contribution in [0, 0.1) is 19.8 Å². The number of amides is 2. The van der Waals surface area contributed by atoms with Crippen LogP contribution in [-0.2, 0) is 16.6 Å². The highest BCUT2D eigenvalue weighted by molar-refractivity contribution is 7.89. The van der Waals surface area contributed by atoms with Gasteiger partial charge in [0.1, 0.15) is 11.5 Å². The van der Waals surface area contributed by atoms with Crippen molar-refractivity contribution in [2.24, 2.45) is 5.92 Å². The van der Waals surface area contributed by atoms with Gasteiger partial charge in [0.15, 0.2) is 5.89 Å². The van der Waals surface area contributed by atoms with Gasteiger partial charge in [0, 0.05) is 50.4 Å². The van der Waals surface area contributed by atoms with Gasteiger partial charge in [0.25, 0.3) is 11.8 Å². The maximum Gasteiger partial charge on any atom is 0.253 e. The fraction of sp³-hybridized carbons (Fsp3) is 0.393. The van der Waals surface area contributed by atoms with E-state index in [0.29, 0.717) is 47.1 Å². The molecule has 11 heteroatoms. The molecule has 3 rings (SSSR count). The Kier molecular flexibility index (Phi) is 9.87. The fourth-order valence-corrected chi connectivity index (χ4v) is 5.74. The third kappa shape index (κ3) is 7.90. The van der Waals surface area contributed by atoms with Gasteiger partial charge < -0.3 is 20.4 Å². The van der Waals surface area contributed by atoms with Gasteiger partial charge in [-0.3, -0.25) is 9.59 Å². The van der Waals surface area contributed by atoms with Crippen molar-refractivity contribution in [3.8, 4) is 0 Å². The number of oxazole rings is 1. The number of benzene rings is 2. The van der Waals surface area contributed by atoms with Crippen LogP contribution in [0.4, 0.5) is 5.69 Å². The molecule has 3 aromatic rings. The molecule has 39 heavy (non-hydrogen) atoms. The molecule has 10 nitrogen and oxygen atoms in total. The molecule has 0 unspecified atom stereocenters. The van der Waals surface area contributed by atoms with Gasteiger partial charge in [0.05, 0.1) is 11.4 Å². The molecule has 0 saturated carbocycles. The topological polar surface area (TPSA) is 139 Å². The predicted molar refractivity (Wildman–Crippen MR) is 150 cm³/mol. The molecule has 210 valence electrons. The van der Waals surface area contributed by atoms with Crippen LogP contribution in [0.15, 0.2) is 57.8 Å². The number of anilines is 1. The summed E-state index contributed by atoms with van der Waals surface area (Å²) < 4.78 is 33.2. The number of aromatic nitrogens is 1. The van der Waals surface area contributed by atoms with Gasteiger partial charge in [-0.05, 0) is 61.7 Å². The van der Waals surface area contributed by atoms with Crippen LogP contribution >= 0.6 is 0 Å². The van der Waals surface area contributed by atoms with E-state index in [0.717, 1.165) is 0 Å². The number of sulfonamides is 1. The zero-order valence-corrected chi connectivity index (χ0v) is 23.9. The van der Waals surface area contributed by atoms with E-state index < -0.39 is 10.0 Å². The summed E-state index contributed by atoms with van der Waals surface area (Å²) in [4.78, 5) is 31.8. The average molecular weight is 556 g/mol. The summed E-state index contributed by atoms with van der Waals surface area (Å²) in [5, 5.41) is 2.83. The zero-order valence-electron chi connectivity index (χ0n) is 23.1. The smallest absolute Gasteiger partial charge is 0.253 e. The first-order chi connectivity index (χ1) is 18.4. The number of hydrogen-bond donors (Lipinski definition) is 2. The molecule has 0 saturated heterocycles. The number of nitrogens with zero attached hydrogens (tertiary/aromatic N) is 3. The lowest BCUT2D eigenvalue weighted by molar-refractivity contribution is 0.0783. The molecule has 0 aliphatic heterocycles. The van der Waals surface area contributed by atoms with Crippen LogP contribution in [0.5, 0.6) is 0 Å². The van der Waals surface area contributed by atoms with E-state index in [2.05, 4.69) is 10.3 Å². The Hall–Kier alpha value is -3.70. The molecule has 3 N–H and O–H groups in total. The molecule has 2 aromatic carbocycles. The number of carbonyl (C=O) groups is 2. The van der Waals surface area contributed by atoms with Gasteiger partial charge in [-0.25, -0.2) is 13.4 Å². The maximum absolute atomic E-state index is 13.2. The average Bonchev–Trinajstić information content (AvgIpc) is 3.21. The summed E-state index contributed by atoms with van der Waals surface area (Å²) in [5.41, 5.74) is 7.60. The van der Waals surface area contributed by atoms with Gasteiger partial charge in [0.2, 0.25) is 10.0 Å². The third-order valence-corrected chi connectivity index (χ3v) is 7.94. The minimum Gasteiger partial charge on any atom is -0.446 e. The highest BCUT2D eigenvalue weighted by atomic mass is 32.2. The van der Waals surface area contributed by atoms with Crippen molar-refractivity contribution in [3.05, 3.63) is 77.0 Å². The Bertz CT molecular complexity index is 1400. The Labute approximate surface area is 230 Å². The highest BCUT2D eigenvalue weighted by Gasteiger charge is 2.25. The Morgan fingerprint density at radius 2 is 1.74 bits per heavy atom. The summed E-state index contributed by atoms with van der Waals surface area (Å²) in [5.74, 6) is 0.735. The van der Waals surface area contributed by atoms with E-state index >= 15 is 0 Å². The van der Waals surface area contributed by atoms with Crippen molar-refractivity contribution < 1.29 is 22.4 Å². The highest BCUT2D eigenvalue weighted by Crippen LogP contribution is 2.19. The second-order valence-electron chi connectivity index (χ2n) is 9.91. The molecule has 0 aliphatic rings. The van der Waals surface area contributed by atoms with Gasteiger partial charge in [-0.15, -0.1) is 0 Å². The maximum atomic E-state index is 13.2. The minimum atomic E-state index is -3.70. The van der Waals surface area contributed by atoms with E-state index in [9.17, 15) is 18.0 Å². The molecule has 0 radical (unpaired) electrons. The summed E-state index contributed by atoms with van der Waals surface area (Å²) >= 11 is 0. The largest absolute Gasteiger partial charge is 0.446 e. The monoisotopic (exact) mass is 555 g/mol. The quantitative estimate of drug-likeness (QED) is 0.257. The molecule has 2 amide bonds. The number of aryl methyl sites for hydroxylation is 2. The summed E-state index contributed by atoms with van der Waals surface area (Å²) in [6.07, 6.45) is 0.421. The number of nitrogens with two attached hydrogens (primary N) is 1. The van der Waals surface area contributed by atoms with Gasteiger partial charge in [-0.1, -0.05) is 19.9 Å². The van der Waals surface area contributed by atoms with Crippen molar-refractivity contribution in [3.63, 3.8) is 0 Å². The number of rotatable bonds is 12. The summed E-state index contributed by atoms with van der Waals surface area (Å²) in [7, 11) is -2.03. The van der Waals surface area contributed by atoms with E-state index in [-0.39, 0.29) is 42.3 Å². The lowest BCUT2D eigenvalue weighted by Crippen LogP contribution is -2.37. The number of hydrogen-bond acceptors (Lipinski definition) is 7. The predicted octanol–water partition coefficient (Wildman–Crippen LogP) is 3.61. The fourth-order valence-electron chi connectivity index (χ4n) is 4.09. The first-order valence-electron chi connectivity index (χ1n) is 12.8. The SMILES string of the molecule is Cc1nc(CN(C)C(=O)c2cccc(C(=O)NCCCN(CC(C)C)S(=O)(=O)c3ccc(N)cc3)c2)c(C)o1. The van der Waals surface area contributed by atoms with Crippen LogP contribution in [-0.4, -0.2) is 61.1 Å². The minimum absolute atomic E-state index is 0.124. The Balaban J connectivity index is 1.59. The van der Waals surface area contributed by atoms with Gasteiger partial charge >= 0.3 is 0 Å². The summed E-state index contributed by atoms with van der Waals surface area (Å²) in [6.45, 7) is 8.61. The second kappa shape index (κ2) is 12.9. The van der Waals surface area contributed by atoms with E-state index in [1.54, 1.807) is 57.3 Å². The molecule has 1 aromatic heterocycles. The molecule has 0 spiro atoms. The third-order valence-electron chi connectivity index (χ3n) is 6.06. The van der Waals surface area contributed by atoms with Crippen molar-refractivity contribution in [2.45, 2.75) is 45.6 Å². The lowest BCUT2D eigenvalue weighted by Gasteiger charge is -2.24. The molecule has 0 fully saturated rings. The van der Waals surface area contributed by atoms with Crippen LogP contribution in [0.2, 0.25) is 0 Å². The Morgan fingerprint density at radius 1 is 1.08 bits per heavy atom. The normalized spacial score (nSPS) is 11.7. The van der Waals surface area contributed by atoms with Crippen molar-refractivity contribution in [1.29, 1.82) is 0 Å². The van der Waals surface area contributed by atoms with Crippen molar-refractivity contribution >= 4 is 27.5 Å².